The normalized spacial score (nSPS) is 10.9. The van der Waals surface area contributed by atoms with Crippen LogP contribution in [0.1, 0.15) is 40.5 Å². The molecule has 0 amide bonds. The van der Waals surface area contributed by atoms with Crippen LogP contribution in [0.25, 0.3) is 10.9 Å². The highest BCUT2D eigenvalue weighted by atomic mass is 16.5. The van der Waals surface area contributed by atoms with Crippen LogP contribution >= 0.6 is 0 Å². The Kier molecular flexibility index (Phi) is 5.94. The zero-order chi connectivity index (χ0) is 21.8. The first kappa shape index (κ1) is 20.5. The van der Waals surface area contributed by atoms with Crippen molar-refractivity contribution in [3.63, 3.8) is 0 Å². The van der Waals surface area contributed by atoms with Crippen molar-refractivity contribution >= 4 is 16.7 Å². The van der Waals surface area contributed by atoms with Gasteiger partial charge in [0.15, 0.2) is 5.78 Å². The second-order valence-corrected chi connectivity index (χ2v) is 7.40. The predicted octanol–water partition coefficient (Wildman–Crippen LogP) is 4.64. The van der Waals surface area contributed by atoms with E-state index < -0.39 is 0 Å². The highest BCUT2D eigenvalue weighted by Gasteiger charge is 2.23. The summed E-state index contributed by atoms with van der Waals surface area (Å²) in [5.74, 6) is 0.633. The van der Waals surface area contributed by atoms with Crippen molar-refractivity contribution in [2.24, 2.45) is 0 Å². The SMILES string of the molecule is CCCn1c(Cc2ccc(OC)cc2)c(C(=O)c2ccccc2)c2ncccc2c1=O. The average Bonchev–Trinajstić information content (AvgIpc) is 2.82. The van der Waals surface area contributed by atoms with E-state index in [0.29, 0.717) is 40.7 Å². The molecule has 156 valence electrons. The summed E-state index contributed by atoms with van der Waals surface area (Å²) in [4.78, 5) is 31.5. The van der Waals surface area contributed by atoms with Crippen LogP contribution < -0.4 is 10.3 Å². The first-order valence-corrected chi connectivity index (χ1v) is 10.4. The Morgan fingerprint density at radius 2 is 1.74 bits per heavy atom. The van der Waals surface area contributed by atoms with Gasteiger partial charge >= 0.3 is 0 Å². The second-order valence-electron chi connectivity index (χ2n) is 7.40. The Morgan fingerprint density at radius 1 is 1.00 bits per heavy atom. The van der Waals surface area contributed by atoms with Crippen LogP contribution in [-0.2, 0) is 13.0 Å². The maximum atomic E-state index is 13.7. The summed E-state index contributed by atoms with van der Waals surface area (Å²) in [7, 11) is 1.62. The highest BCUT2D eigenvalue weighted by molar-refractivity contribution is 6.16. The highest BCUT2D eigenvalue weighted by Crippen LogP contribution is 2.25. The molecule has 0 aliphatic heterocycles. The standard InChI is InChI=1S/C26H24N2O3/c1-3-16-28-22(17-18-11-13-20(31-2)14-12-18)23(25(29)19-8-5-4-6-9-19)24-21(26(28)30)10-7-15-27-24/h4-15H,3,16-17H2,1-2H3. The lowest BCUT2D eigenvalue weighted by atomic mass is 9.95. The number of aromatic nitrogens is 2. The monoisotopic (exact) mass is 412 g/mol. The molecule has 4 rings (SSSR count). The Bertz CT molecular complexity index is 1280. The van der Waals surface area contributed by atoms with Crippen LogP contribution in [0.4, 0.5) is 0 Å². The van der Waals surface area contributed by atoms with Crippen LogP contribution in [0.2, 0.25) is 0 Å². The van der Waals surface area contributed by atoms with E-state index in [4.69, 9.17) is 4.74 Å². The van der Waals surface area contributed by atoms with Crippen molar-refractivity contribution in [1.29, 1.82) is 0 Å². The third-order valence-corrected chi connectivity index (χ3v) is 5.38. The Hall–Kier alpha value is -3.73. The second kappa shape index (κ2) is 8.96. The fourth-order valence-corrected chi connectivity index (χ4v) is 3.87. The molecular formula is C26H24N2O3. The number of nitrogens with zero attached hydrogens (tertiary/aromatic N) is 2. The van der Waals surface area contributed by atoms with E-state index in [1.165, 1.54) is 0 Å². The molecule has 2 aromatic heterocycles. The lowest BCUT2D eigenvalue weighted by Crippen LogP contribution is -2.28. The fourth-order valence-electron chi connectivity index (χ4n) is 3.87. The summed E-state index contributed by atoms with van der Waals surface area (Å²) >= 11 is 0. The van der Waals surface area contributed by atoms with Gasteiger partial charge in [-0.05, 0) is 36.2 Å². The number of carbonyl (C=O) groups excluding carboxylic acids is 1. The molecule has 5 heteroatoms. The number of carbonyl (C=O) groups is 1. The molecule has 0 radical (unpaired) electrons. The quantitative estimate of drug-likeness (QED) is 0.415. The maximum Gasteiger partial charge on any atom is 0.260 e. The van der Waals surface area contributed by atoms with Gasteiger partial charge in [-0.15, -0.1) is 0 Å². The minimum absolute atomic E-state index is 0.113. The molecule has 5 nitrogen and oxygen atoms in total. The molecule has 0 atom stereocenters. The number of ether oxygens (including phenoxy) is 1. The number of benzene rings is 2. The lowest BCUT2D eigenvalue weighted by molar-refractivity contribution is 0.103. The Labute approximate surface area is 181 Å². The number of hydrogen-bond acceptors (Lipinski definition) is 4. The summed E-state index contributed by atoms with van der Waals surface area (Å²) in [5, 5.41) is 0.466. The summed E-state index contributed by atoms with van der Waals surface area (Å²) in [6.45, 7) is 2.56. The molecule has 0 fully saturated rings. The molecule has 0 saturated carbocycles. The van der Waals surface area contributed by atoms with Gasteiger partial charge in [0.25, 0.3) is 5.56 Å². The molecule has 0 aliphatic carbocycles. The molecule has 0 saturated heterocycles. The largest absolute Gasteiger partial charge is 0.497 e. The Morgan fingerprint density at radius 3 is 2.42 bits per heavy atom. The predicted molar refractivity (Wildman–Crippen MR) is 122 cm³/mol. The third kappa shape index (κ3) is 3.99. The van der Waals surface area contributed by atoms with E-state index in [1.807, 2.05) is 49.4 Å². The van der Waals surface area contributed by atoms with Crippen molar-refractivity contribution in [1.82, 2.24) is 9.55 Å². The minimum atomic E-state index is -0.127. The van der Waals surface area contributed by atoms with E-state index in [9.17, 15) is 9.59 Å². The lowest BCUT2D eigenvalue weighted by Gasteiger charge is -2.19. The molecular weight excluding hydrogens is 388 g/mol. The van der Waals surface area contributed by atoms with Crippen LogP contribution in [0.15, 0.2) is 77.7 Å². The molecule has 0 spiro atoms. The van der Waals surface area contributed by atoms with Crippen LogP contribution in [0.5, 0.6) is 5.75 Å². The van der Waals surface area contributed by atoms with Gasteiger partial charge in [0.1, 0.15) is 5.75 Å². The van der Waals surface area contributed by atoms with Gasteiger partial charge in [0.2, 0.25) is 0 Å². The third-order valence-electron chi connectivity index (χ3n) is 5.38. The van der Waals surface area contributed by atoms with Crippen molar-refractivity contribution in [3.8, 4) is 5.75 Å². The Balaban J connectivity index is 1.99. The number of hydrogen-bond donors (Lipinski definition) is 0. The minimum Gasteiger partial charge on any atom is -0.497 e. The van der Waals surface area contributed by atoms with E-state index >= 15 is 0 Å². The van der Waals surface area contributed by atoms with Gasteiger partial charge in [-0.2, -0.15) is 0 Å². The summed E-state index contributed by atoms with van der Waals surface area (Å²) in [6.07, 6.45) is 2.85. The van der Waals surface area contributed by atoms with Gasteiger partial charge in [0.05, 0.1) is 23.6 Å². The van der Waals surface area contributed by atoms with Gasteiger partial charge in [-0.1, -0.05) is 49.4 Å². The van der Waals surface area contributed by atoms with Gasteiger partial charge < -0.3 is 9.30 Å². The van der Waals surface area contributed by atoms with E-state index in [2.05, 4.69) is 4.98 Å². The molecule has 0 N–H and O–H groups in total. The van der Waals surface area contributed by atoms with E-state index in [1.54, 1.807) is 42.1 Å². The fraction of sp³-hybridized carbons (Fsp3) is 0.192. The van der Waals surface area contributed by atoms with Crippen LogP contribution in [0, 0.1) is 0 Å². The van der Waals surface area contributed by atoms with Crippen LogP contribution in [0.3, 0.4) is 0 Å². The zero-order valence-electron chi connectivity index (χ0n) is 17.7. The average molecular weight is 412 g/mol. The summed E-state index contributed by atoms with van der Waals surface area (Å²) in [6, 6.07) is 20.3. The number of ketones is 1. The zero-order valence-corrected chi connectivity index (χ0v) is 17.7. The van der Waals surface area contributed by atoms with Crippen molar-refractivity contribution < 1.29 is 9.53 Å². The van der Waals surface area contributed by atoms with Crippen molar-refractivity contribution in [3.05, 3.63) is 106 Å². The van der Waals surface area contributed by atoms with Gasteiger partial charge in [-0.25, -0.2) is 0 Å². The number of fused-ring (bicyclic) bond motifs is 1. The van der Waals surface area contributed by atoms with Crippen molar-refractivity contribution in [2.45, 2.75) is 26.3 Å². The van der Waals surface area contributed by atoms with E-state index in [0.717, 1.165) is 17.7 Å². The van der Waals surface area contributed by atoms with Gasteiger partial charge in [-0.3, -0.25) is 14.6 Å². The van der Waals surface area contributed by atoms with Crippen LogP contribution in [-0.4, -0.2) is 22.4 Å². The number of pyridine rings is 2. The topological polar surface area (TPSA) is 61.2 Å². The van der Waals surface area contributed by atoms with Gasteiger partial charge in [0, 0.05) is 30.4 Å². The molecule has 0 unspecified atom stereocenters. The first-order chi connectivity index (χ1) is 15.1. The summed E-state index contributed by atoms with van der Waals surface area (Å²) < 4.78 is 7.00. The number of methoxy groups -OCH3 is 1. The van der Waals surface area contributed by atoms with E-state index in [-0.39, 0.29) is 11.3 Å². The molecule has 0 bridgehead atoms. The molecule has 4 aromatic rings. The summed E-state index contributed by atoms with van der Waals surface area (Å²) in [5.41, 5.74) is 3.09. The van der Waals surface area contributed by atoms with Crippen molar-refractivity contribution in [2.75, 3.05) is 7.11 Å². The smallest absolute Gasteiger partial charge is 0.260 e. The molecule has 2 heterocycles. The molecule has 0 aliphatic rings. The molecule has 31 heavy (non-hydrogen) atoms. The first-order valence-electron chi connectivity index (χ1n) is 10.4. The maximum absolute atomic E-state index is 13.7. The number of rotatable bonds is 7. The molecule has 2 aromatic carbocycles.